The second-order valence-electron chi connectivity index (χ2n) is 9.97. The van der Waals surface area contributed by atoms with Crippen LogP contribution < -0.4 is 15.4 Å². The zero-order valence-corrected chi connectivity index (χ0v) is 21.6. The van der Waals surface area contributed by atoms with Crippen LogP contribution in [0.5, 0.6) is 5.75 Å². The number of nitrogens with zero attached hydrogens (tertiary/aromatic N) is 2. The Kier molecular flexibility index (Phi) is 8.05. The van der Waals surface area contributed by atoms with Crippen LogP contribution in [0.25, 0.3) is 0 Å². The molecule has 38 heavy (non-hydrogen) atoms. The Morgan fingerprint density at radius 2 is 1.92 bits per heavy atom. The second-order valence-corrected chi connectivity index (χ2v) is 9.97. The fraction of sp³-hybridized carbons (Fsp3) is 0.414. The van der Waals surface area contributed by atoms with Crippen LogP contribution in [-0.2, 0) is 20.9 Å². The molecular formula is C29H34N4O5. The molecule has 0 radical (unpaired) electrons. The fourth-order valence-electron chi connectivity index (χ4n) is 5.18. The highest BCUT2D eigenvalue weighted by atomic mass is 16.5. The van der Waals surface area contributed by atoms with Crippen molar-refractivity contribution in [1.82, 2.24) is 15.1 Å². The number of para-hydroxylation sites is 1. The maximum atomic E-state index is 13.7. The van der Waals surface area contributed by atoms with Crippen LogP contribution in [0.2, 0.25) is 0 Å². The Morgan fingerprint density at radius 3 is 2.74 bits per heavy atom. The predicted molar refractivity (Wildman–Crippen MR) is 143 cm³/mol. The Labute approximate surface area is 222 Å². The molecule has 3 aliphatic heterocycles. The van der Waals surface area contributed by atoms with E-state index in [0.29, 0.717) is 57.1 Å². The molecule has 2 aromatic carbocycles. The van der Waals surface area contributed by atoms with Gasteiger partial charge >= 0.3 is 0 Å². The Bertz CT molecular complexity index is 1200. The molecule has 2 aromatic rings. The quantitative estimate of drug-likeness (QED) is 0.606. The number of benzene rings is 2. The zero-order chi connectivity index (χ0) is 26.5. The molecule has 3 heterocycles. The monoisotopic (exact) mass is 518 g/mol. The number of ether oxygens (including phenoxy) is 2. The topological polar surface area (TPSA) is 100 Å². The summed E-state index contributed by atoms with van der Waals surface area (Å²) in [6, 6.07) is 14.2. The maximum Gasteiger partial charge on any atom is 0.258 e. The molecule has 0 unspecified atom stereocenters. The molecule has 3 aliphatic rings. The van der Waals surface area contributed by atoms with Crippen LogP contribution in [0.15, 0.2) is 60.7 Å². The molecule has 2 N–H and O–H groups in total. The zero-order valence-electron chi connectivity index (χ0n) is 21.6. The van der Waals surface area contributed by atoms with Crippen molar-refractivity contribution in [2.45, 2.75) is 44.6 Å². The summed E-state index contributed by atoms with van der Waals surface area (Å²) >= 11 is 0. The summed E-state index contributed by atoms with van der Waals surface area (Å²) in [5.74, 6) is 0.0143. The Balaban J connectivity index is 1.36. The molecule has 200 valence electrons. The molecule has 3 amide bonds. The van der Waals surface area contributed by atoms with Gasteiger partial charge in [0.2, 0.25) is 11.8 Å². The van der Waals surface area contributed by atoms with Gasteiger partial charge < -0.3 is 25.0 Å². The maximum absolute atomic E-state index is 13.7. The minimum atomic E-state index is -0.658. The van der Waals surface area contributed by atoms with Gasteiger partial charge in [-0.05, 0) is 36.2 Å². The predicted octanol–water partition coefficient (Wildman–Crippen LogP) is 2.58. The number of nitrogens with one attached hydrogen (secondary N) is 2. The van der Waals surface area contributed by atoms with Crippen molar-refractivity contribution in [3.63, 3.8) is 0 Å². The molecule has 0 aromatic heterocycles. The summed E-state index contributed by atoms with van der Waals surface area (Å²) in [6.45, 7) is 4.34. The molecule has 0 saturated carbocycles. The van der Waals surface area contributed by atoms with Gasteiger partial charge in [0.05, 0.1) is 24.4 Å². The molecule has 9 nitrogen and oxygen atoms in total. The lowest BCUT2D eigenvalue weighted by molar-refractivity contribution is -0.128. The van der Waals surface area contributed by atoms with Gasteiger partial charge in [-0.2, -0.15) is 0 Å². The van der Waals surface area contributed by atoms with E-state index >= 15 is 0 Å². The van der Waals surface area contributed by atoms with Crippen molar-refractivity contribution >= 4 is 23.4 Å². The summed E-state index contributed by atoms with van der Waals surface area (Å²) in [4.78, 5) is 42.4. The first-order valence-corrected chi connectivity index (χ1v) is 13.2. The molecule has 1 fully saturated rings. The molecule has 9 heteroatoms. The van der Waals surface area contributed by atoms with Gasteiger partial charge in [0.15, 0.2) is 0 Å². The van der Waals surface area contributed by atoms with Gasteiger partial charge in [0, 0.05) is 51.8 Å². The molecule has 0 aliphatic carbocycles. The lowest BCUT2D eigenvalue weighted by Gasteiger charge is -2.41. The van der Waals surface area contributed by atoms with E-state index in [9.17, 15) is 14.4 Å². The number of hydrogen-bond acceptors (Lipinski definition) is 6. The van der Waals surface area contributed by atoms with E-state index < -0.39 is 6.04 Å². The van der Waals surface area contributed by atoms with Crippen LogP contribution in [0, 0.1) is 0 Å². The van der Waals surface area contributed by atoms with Crippen LogP contribution in [-0.4, -0.2) is 78.6 Å². The van der Waals surface area contributed by atoms with E-state index in [2.05, 4.69) is 21.6 Å². The van der Waals surface area contributed by atoms with Crippen LogP contribution in [0.1, 0.15) is 35.7 Å². The van der Waals surface area contributed by atoms with E-state index in [1.165, 1.54) is 6.92 Å². The third-order valence-corrected chi connectivity index (χ3v) is 7.12. The Morgan fingerprint density at radius 1 is 1.11 bits per heavy atom. The molecule has 0 spiro atoms. The van der Waals surface area contributed by atoms with Gasteiger partial charge in [-0.15, -0.1) is 0 Å². The Hall–Kier alpha value is -3.69. The molecular weight excluding hydrogens is 484 g/mol. The number of anilines is 1. The number of carbonyl (C=O) groups is 3. The molecule has 5 rings (SSSR count). The largest absolute Gasteiger partial charge is 0.493 e. The SMILES string of the molecule is CC(=O)Nc1ccc(CN2CCN3C(=O)c4ccccc4OCC[C@@H]4CC=C[C@@H](CNC(=O)[C@@H]3C2)O4)cc1. The van der Waals surface area contributed by atoms with Gasteiger partial charge in [-0.1, -0.05) is 36.4 Å². The van der Waals surface area contributed by atoms with Gasteiger partial charge in [-0.25, -0.2) is 0 Å². The van der Waals surface area contributed by atoms with E-state index in [1.807, 2.05) is 42.5 Å². The van der Waals surface area contributed by atoms with E-state index in [-0.39, 0.29) is 29.9 Å². The highest BCUT2D eigenvalue weighted by Crippen LogP contribution is 2.25. The van der Waals surface area contributed by atoms with Crippen molar-refractivity contribution in [3.8, 4) is 5.75 Å². The van der Waals surface area contributed by atoms with Gasteiger partial charge in [-0.3, -0.25) is 19.3 Å². The van der Waals surface area contributed by atoms with E-state index in [4.69, 9.17) is 9.47 Å². The summed E-state index contributed by atoms with van der Waals surface area (Å²) in [7, 11) is 0. The minimum Gasteiger partial charge on any atom is -0.493 e. The van der Waals surface area contributed by atoms with Crippen LogP contribution >= 0.6 is 0 Å². The second kappa shape index (κ2) is 11.8. The standard InChI is InChI=1S/C29H34N4O5/c1-20(34)31-22-11-9-21(10-12-22)18-32-14-15-33-26(19-32)28(35)30-17-24-6-4-5-23(38-24)13-16-37-27-8-3-2-7-25(27)29(33)36/h2-4,6-12,23-24,26H,5,13-19H2,1H3,(H,30,35)(H,31,34)/t23-,24-,26-/m0/s1. The normalized spacial score (nSPS) is 24.3. The smallest absolute Gasteiger partial charge is 0.258 e. The molecule has 2 bridgehead atoms. The number of hydrogen-bond donors (Lipinski definition) is 2. The molecule has 1 saturated heterocycles. The van der Waals surface area contributed by atoms with Gasteiger partial charge in [0.1, 0.15) is 11.8 Å². The van der Waals surface area contributed by atoms with E-state index in [0.717, 1.165) is 17.7 Å². The summed E-state index contributed by atoms with van der Waals surface area (Å²) in [6.07, 6.45) is 5.38. The number of piperazine rings is 1. The number of rotatable bonds is 3. The van der Waals surface area contributed by atoms with Crippen molar-refractivity contribution in [1.29, 1.82) is 0 Å². The third kappa shape index (κ3) is 6.23. The highest BCUT2D eigenvalue weighted by Gasteiger charge is 2.37. The number of carbonyl (C=O) groups excluding carboxylic acids is 3. The number of amides is 3. The average Bonchev–Trinajstić information content (AvgIpc) is 2.92. The van der Waals surface area contributed by atoms with Crippen molar-refractivity contribution < 1.29 is 23.9 Å². The van der Waals surface area contributed by atoms with Crippen molar-refractivity contribution in [3.05, 3.63) is 71.8 Å². The highest BCUT2D eigenvalue weighted by molar-refractivity contribution is 6.00. The first-order chi connectivity index (χ1) is 18.5. The fourth-order valence-corrected chi connectivity index (χ4v) is 5.18. The molecule has 3 atom stereocenters. The van der Waals surface area contributed by atoms with Crippen molar-refractivity contribution in [2.24, 2.45) is 0 Å². The van der Waals surface area contributed by atoms with Gasteiger partial charge in [0.25, 0.3) is 5.91 Å². The van der Waals surface area contributed by atoms with E-state index in [1.54, 1.807) is 17.0 Å². The van der Waals surface area contributed by atoms with Crippen LogP contribution in [0.3, 0.4) is 0 Å². The first-order valence-electron chi connectivity index (χ1n) is 13.2. The summed E-state index contributed by atoms with van der Waals surface area (Å²) in [5, 5.41) is 5.81. The first kappa shape index (κ1) is 25.9. The lowest BCUT2D eigenvalue weighted by Crippen LogP contribution is -2.61. The lowest BCUT2D eigenvalue weighted by atomic mass is 10.1. The minimum absolute atomic E-state index is 0.00594. The average molecular weight is 519 g/mol. The van der Waals surface area contributed by atoms with Crippen molar-refractivity contribution in [2.75, 3.05) is 38.1 Å². The third-order valence-electron chi connectivity index (χ3n) is 7.12. The summed E-state index contributed by atoms with van der Waals surface area (Å²) in [5.41, 5.74) is 2.27. The summed E-state index contributed by atoms with van der Waals surface area (Å²) < 4.78 is 12.2. The number of fused-ring (bicyclic) bond motifs is 4. The van der Waals surface area contributed by atoms with Crippen LogP contribution in [0.4, 0.5) is 5.69 Å².